The van der Waals surface area contributed by atoms with E-state index in [0.29, 0.717) is 35.8 Å². The van der Waals surface area contributed by atoms with Crippen molar-refractivity contribution < 1.29 is 17.9 Å². The molecule has 10 nitrogen and oxygen atoms in total. The number of anilines is 1. The Kier molecular flexibility index (Phi) is 4.03. The molecule has 3 aromatic heterocycles. The van der Waals surface area contributed by atoms with Gasteiger partial charge in [-0.3, -0.25) is 4.90 Å². The molecule has 13 heteroatoms. The van der Waals surface area contributed by atoms with E-state index in [2.05, 4.69) is 25.3 Å². The average Bonchev–Trinajstić information content (AvgIpc) is 3.32. The van der Waals surface area contributed by atoms with Crippen LogP contribution in [0.4, 0.5) is 19.1 Å². The largest absolute Gasteiger partial charge is 0.494 e. The molecule has 0 saturated heterocycles. The van der Waals surface area contributed by atoms with Crippen LogP contribution in [-0.2, 0) is 25.8 Å². The molecule has 0 aliphatic carbocycles. The van der Waals surface area contributed by atoms with Crippen molar-refractivity contribution in [3.63, 3.8) is 0 Å². The smallest absolute Gasteiger partial charge is 0.451 e. The van der Waals surface area contributed by atoms with E-state index in [1.165, 1.54) is 4.52 Å². The molecule has 156 valence electrons. The van der Waals surface area contributed by atoms with Gasteiger partial charge in [0, 0.05) is 18.5 Å². The van der Waals surface area contributed by atoms with Crippen molar-refractivity contribution in [1.82, 2.24) is 39.2 Å². The Morgan fingerprint density at radius 1 is 1.17 bits per heavy atom. The Hall–Kier alpha value is -3.48. The van der Waals surface area contributed by atoms with Crippen LogP contribution in [0.25, 0.3) is 16.6 Å². The highest BCUT2D eigenvalue weighted by Gasteiger charge is 2.39. The maximum absolute atomic E-state index is 13.0. The Labute approximate surface area is 167 Å². The minimum absolute atomic E-state index is 0.133. The predicted octanol–water partition coefficient (Wildman–Crippen LogP) is 1.49. The molecule has 30 heavy (non-hydrogen) atoms. The number of rotatable bonds is 3. The first-order valence-electron chi connectivity index (χ1n) is 9.04. The quantitative estimate of drug-likeness (QED) is 0.532. The van der Waals surface area contributed by atoms with E-state index in [1.54, 1.807) is 13.2 Å². The number of nitrogen functional groups attached to an aromatic ring is 1. The van der Waals surface area contributed by atoms with Gasteiger partial charge in [-0.15, -0.1) is 15.3 Å². The molecule has 5 rings (SSSR count). The zero-order valence-corrected chi connectivity index (χ0v) is 15.8. The molecule has 2 N–H and O–H groups in total. The number of hydrogen-bond donors (Lipinski definition) is 1. The number of ether oxygens (including phenoxy) is 1. The fraction of sp³-hybridized carbons (Fsp3) is 0.353. The number of methoxy groups -OCH3 is 1. The third-order valence-corrected chi connectivity index (χ3v) is 5.01. The summed E-state index contributed by atoms with van der Waals surface area (Å²) < 4.78 is 46.9. The standard InChI is InChI=1S/C17H16F3N9O/c1-30-10-4-2-3-9-13(10)23-16(21)29-14(9)22-11(26-29)7-27-5-6-28-12(8-27)24-25-15(28)17(18,19)20/h2-4H,5-8H2,1H3,(H2,21,23). The van der Waals surface area contributed by atoms with Crippen molar-refractivity contribution in [2.75, 3.05) is 19.4 Å². The van der Waals surface area contributed by atoms with Crippen LogP contribution in [-0.4, -0.2) is 52.9 Å². The van der Waals surface area contributed by atoms with Crippen LogP contribution < -0.4 is 10.5 Å². The van der Waals surface area contributed by atoms with Crippen LogP contribution in [0, 0.1) is 0 Å². The molecule has 1 aromatic carbocycles. The first-order valence-corrected chi connectivity index (χ1v) is 9.04. The highest BCUT2D eigenvalue weighted by molar-refractivity contribution is 5.95. The van der Waals surface area contributed by atoms with Gasteiger partial charge in [0.05, 0.1) is 20.2 Å². The van der Waals surface area contributed by atoms with Crippen LogP contribution >= 0.6 is 0 Å². The van der Waals surface area contributed by atoms with E-state index in [9.17, 15) is 13.2 Å². The number of hydrogen-bond acceptors (Lipinski definition) is 8. The minimum atomic E-state index is -4.52. The maximum Gasteiger partial charge on any atom is 0.451 e. The van der Waals surface area contributed by atoms with Crippen LogP contribution in [0.15, 0.2) is 18.2 Å². The first kappa shape index (κ1) is 18.5. The van der Waals surface area contributed by atoms with Gasteiger partial charge in [0.1, 0.15) is 17.1 Å². The van der Waals surface area contributed by atoms with E-state index < -0.39 is 12.0 Å². The molecule has 0 bridgehead atoms. The first-order chi connectivity index (χ1) is 14.3. The summed E-state index contributed by atoms with van der Waals surface area (Å²) in [5.74, 6) is 0.495. The fourth-order valence-electron chi connectivity index (χ4n) is 3.65. The molecular formula is C17H16F3N9O. The fourth-order valence-corrected chi connectivity index (χ4v) is 3.65. The summed E-state index contributed by atoms with van der Waals surface area (Å²) in [5.41, 5.74) is 7.16. The molecule has 0 radical (unpaired) electrons. The molecule has 0 amide bonds. The van der Waals surface area contributed by atoms with Gasteiger partial charge in [-0.25, -0.2) is 9.97 Å². The van der Waals surface area contributed by atoms with Crippen molar-refractivity contribution in [3.8, 4) is 5.75 Å². The number of halogens is 3. The van der Waals surface area contributed by atoms with Gasteiger partial charge in [-0.1, -0.05) is 6.07 Å². The van der Waals surface area contributed by atoms with Gasteiger partial charge in [0.25, 0.3) is 0 Å². The Morgan fingerprint density at radius 2 is 2.00 bits per heavy atom. The summed E-state index contributed by atoms with van der Waals surface area (Å²) >= 11 is 0. The Morgan fingerprint density at radius 3 is 2.77 bits per heavy atom. The van der Waals surface area contributed by atoms with Crippen LogP contribution in [0.2, 0.25) is 0 Å². The lowest BCUT2D eigenvalue weighted by molar-refractivity contribution is -0.148. The summed E-state index contributed by atoms with van der Waals surface area (Å²) in [5, 5.41) is 12.1. The molecule has 0 fully saturated rings. The molecule has 0 atom stereocenters. The minimum Gasteiger partial charge on any atom is -0.494 e. The normalized spacial score (nSPS) is 15.1. The van der Waals surface area contributed by atoms with Gasteiger partial charge < -0.3 is 15.0 Å². The highest BCUT2D eigenvalue weighted by atomic mass is 19.4. The molecule has 4 heterocycles. The van der Waals surface area contributed by atoms with Gasteiger partial charge in [0.15, 0.2) is 11.5 Å². The Bertz CT molecular complexity index is 1260. The second-order valence-corrected chi connectivity index (χ2v) is 6.89. The van der Waals surface area contributed by atoms with Crippen LogP contribution in [0.1, 0.15) is 17.5 Å². The lowest BCUT2D eigenvalue weighted by atomic mass is 10.2. The number of fused-ring (bicyclic) bond motifs is 4. The number of benzene rings is 1. The van der Waals surface area contributed by atoms with E-state index in [-0.39, 0.29) is 24.9 Å². The van der Waals surface area contributed by atoms with Gasteiger partial charge in [-0.2, -0.15) is 17.7 Å². The van der Waals surface area contributed by atoms with Crippen LogP contribution in [0.3, 0.4) is 0 Å². The molecule has 1 aliphatic heterocycles. The van der Waals surface area contributed by atoms with Gasteiger partial charge in [-0.05, 0) is 12.1 Å². The number of alkyl halides is 3. The number of aromatic nitrogens is 7. The molecule has 4 aromatic rings. The van der Waals surface area contributed by atoms with E-state index in [4.69, 9.17) is 10.5 Å². The summed E-state index contributed by atoms with van der Waals surface area (Å²) in [4.78, 5) is 10.9. The summed E-state index contributed by atoms with van der Waals surface area (Å²) in [6.45, 7) is 1.04. The van der Waals surface area contributed by atoms with E-state index in [0.717, 1.165) is 9.95 Å². The lowest BCUT2D eigenvalue weighted by Gasteiger charge is -2.26. The highest BCUT2D eigenvalue weighted by Crippen LogP contribution is 2.30. The number of nitrogens with two attached hydrogens (primary N) is 1. The van der Waals surface area contributed by atoms with Crippen molar-refractivity contribution >= 4 is 22.5 Å². The van der Waals surface area contributed by atoms with Crippen molar-refractivity contribution in [3.05, 3.63) is 35.7 Å². The second-order valence-electron chi connectivity index (χ2n) is 6.89. The summed E-state index contributed by atoms with van der Waals surface area (Å²) in [6.07, 6.45) is -4.52. The SMILES string of the molecule is COc1cccc2c1nc(N)n1nc(CN3CCn4c(nnc4C(F)(F)F)C3)nc21. The predicted molar refractivity (Wildman–Crippen MR) is 98.4 cm³/mol. The van der Waals surface area contributed by atoms with Gasteiger partial charge in [0.2, 0.25) is 11.8 Å². The second kappa shape index (κ2) is 6.52. The molecule has 0 unspecified atom stereocenters. The molecule has 1 aliphatic rings. The summed E-state index contributed by atoms with van der Waals surface area (Å²) in [6, 6.07) is 5.45. The van der Waals surface area contributed by atoms with E-state index in [1.807, 2.05) is 17.0 Å². The zero-order valence-electron chi connectivity index (χ0n) is 15.8. The third-order valence-electron chi connectivity index (χ3n) is 5.01. The van der Waals surface area contributed by atoms with Gasteiger partial charge >= 0.3 is 6.18 Å². The average molecular weight is 419 g/mol. The monoisotopic (exact) mass is 419 g/mol. The number of para-hydroxylation sites is 1. The van der Waals surface area contributed by atoms with Crippen molar-refractivity contribution in [2.24, 2.45) is 0 Å². The number of nitrogens with zero attached hydrogens (tertiary/aromatic N) is 8. The van der Waals surface area contributed by atoms with E-state index >= 15 is 0 Å². The zero-order chi connectivity index (χ0) is 21.0. The Balaban J connectivity index is 1.46. The van der Waals surface area contributed by atoms with Crippen LogP contribution in [0.5, 0.6) is 5.75 Å². The lowest BCUT2D eigenvalue weighted by Crippen LogP contribution is -2.35. The van der Waals surface area contributed by atoms with Crippen molar-refractivity contribution in [1.29, 1.82) is 0 Å². The summed E-state index contributed by atoms with van der Waals surface area (Å²) in [7, 11) is 1.55. The third kappa shape index (κ3) is 2.89. The maximum atomic E-state index is 13.0. The molecular weight excluding hydrogens is 403 g/mol. The van der Waals surface area contributed by atoms with Crippen molar-refractivity contribution in [2.45, 2.75) is 25.8 Å². The molecule has 0 saturated carbocycles. The topological polar surface area (TPSA) is 112 Å². The molecule has 0 spiro atoms.